The first-order valence-corrected chi connectivity index (χ1v) is 10.4. The zero-order chi connectivity index (χ0) is 21.6. The van der Waals surface area contributed by atoms with E-state index in [0.717, 1.165) is 10.5 Å². The number of hydrogen-bond donors (Lipinski definition) is 1. The minimum Gasteiger partial charge on any atom is -0.322 e. The summed E-state index contributed by atoms with van der Waals surface area (Å²) in [6, 6.07) is 16.8. The van der Waals surface area contributed by atoms with Crippen LogP contribution < -0.4 is 5.73 Å². The average Bonchev–Trinajstić information content (AvgIpc) is 3.03. The molecule has 152 valence electrons. The van der Waals surface area contributed by atoms with Crippen LogP contribution in [0.25, 0.3) is 0 Å². The average molecular weight is 480 g/mol. The molecule has 3 aromatic carbocycles. The van der Waals surface area contributed by atoms with Gasteiger partial charge in [-0.2, -0.15) is 0 Å². The van der Waals surface area contributed by atoms with Crippen LogP contribution >= 0.6 is 46.4 Å². The van der Waals surface area contributed by atoms with Crippen molar-refractivity contribution in [3.05, 3.63) is 103 Å². The Kier molecular flexibility index (Phi) is 5.80. The summed E-state index contributed by atoms with van der Waals surface area (Å²) in [7, 11) is 0. The van der Waals surface area contributed by atoms with Gasteiger partial charge in [0.15, 0.2) is 0 Å². The topological polar surface area (TPSA) is 63.4 Å². The molecule has 0 saturated heterocycles. The van der Waals surface area contributed by atoms with Crippen molar-refractivity contribution >= 4 is 58.2 Å². The van der Waals surface area contributed by atoms with Gasteiger partial charge in [0, 0.05) is 0 Å². The fourth-order valence-corrected chi connectivity index (χ4v) is 4.66. The SMILES string of the molecule is N[C@H](c1ccccc1)[C@@H](c1ccccc1)N1C(=O)c2c(Cl)c(Cl)c(Cl)c(Cl)c2C1=O. The van der Waals surface area contributed by atoms with E-state index in [9.17, 15) is 9.59 Å². The van der Waals surface area contributed by atoms with Crippen molar-refractivity contribution in [2.45, 2.75) is 12.1 Å². The Morgan fingerprint density at radius 3 is 1.47 bits per heavy atom. The molecule has 1 heterocycles. The van der Waals surface area contributed by atoms with Crippen LogP contribution in [-0.4, -0.2) is 16.7 Å². The van der Waals surface area contributed by atoms with Gasteiger partial charge in [0.1, 0.15) is 0 Å². The van der Waals surface area contributed by atoms with Gasteiger partial charge in [-0.15, -0.1) is 0 Å². The zero-order valence-electron chi connectivity index (χ0n) is 15.3. The summed E-state index contributed by atoms with van der Waals surface area (Å²) in [5.41, 5.74) is 7.90. The lowest BCUT2D eigenvalue weighted by Crippen LogP contribution is -2.40. The molecule has 8 heteroatoms. The van der Waals surface area contributed by atoms with E-state index in [4.69, 9.17) is 52.1 Å². The molecule has 1 aliphatic heterocycles. The molecule has 0 aromatic heterocycles. The number of rotatable bonds is 4. The molecule has 4 nitrogen and oxygen atoms in total. The molecule has 30 heavy (non-hydrogen) atoms. The Hall–Kier alpha value is -2.08. The van der Waals surface area contributed by atoms with Crippen molar-refractivity contribution in [2.24, 2.45) is 5.73 Å². The fourth-order valence-electron chi connectivity index (χ4n) is 3.64. The van der Waals surface area contributed by atoms with Crippen molar-refractivity contribution in [3.8, 4) is 0 Å². The molecule has 0 spiro atoms. The summed E-state index contributed by atoms with van der Waals surface area (Å²) in [5.74, 6) is -1.25. The van der Waals surface area contributed by atoms with Crippen molar-refractivity contribution < 1.29 is 9.59 Å². The van der Waals surface area contributed by atoms with Gasteiger partial charge < -0.3 is 5.73 Å². The van der Waals surface area contributed by atoms with Gasteiger partial charge in [0.2, 0.25) is 0 Å². The Morgan fingerprint density at radius 2 is 1.03 bits per heavy atom. The number of hydrogen-bond acceptors (Lipinski definition) is 3. The van der Waals surface area contributed by atoms with E-state index in [0.29, 0.717) is 5.56 Å². The van der Waals surface area contributed by atoms with Gasteiger partial charge in [-0.3, -0.25) is 14.5 Å². The molecule has 4 rings (SSSR count). The van der Waals surface area contributed by atoms with E-state index in [1.165, 1.54) is 0 Å². The first-order chi connectivity index (χ1) is 14.3. The van der Waals surface area contributed by atoms with E-state index in [1.54, 1.807) is 12.1 Å². The minimum absolute atomic E-state index is 0.0674. The van der Waals surface area contributed by atoms with Gasteiger partial charge in [-0.1, -0.05) is 107 Å². The van der Waals surface area contributed by atoms with Crippen LogP contribution in [0.15, 0.2) is 60.7 Å². The molecule has 0 aliphatic carbocycles. The van der Waals surface area contributed by atoms with Crippen molar-refractivity contribution in [1.82, 2.24) is 4.90 Å². The van der Waals surface area contributed by atoms with Crippen LogP contribution in [0.4, 0.5) is 0 Å². The van der Waals surface area contributed by atoms with Gasteiger partial charge in [0.25, 0.3) is 11.8 Å². The van der Waals surface area contributed by atoms with E-state index < -0.39 is 23.9 Å². The Bertz CT molecular complexity index is 1110. The summed E-state index contributed by atoms with van der Waals surface area (Å²) in [6.07, 6.45) is 0. The van der Waals surface area contributed by atoms with Crippen LogP contribution in [0.2, 0.25) is 20.1 Å². The zero-order valence-corrected chi connectivity index (χ0v) is 18.3. The summed E-state index contributed by atoms with van der Waals surface area (Å²) in [5, 5.41) is -0.369. The van der Waals surface area contributed by atoms with Gasteiger partial charge in [-0.05, 0) is 11.1 Å². The van der Waals surface area contributed by atoms with Crippen LogP contribution in [0.3, 0.4) is 0 Å². The largest absolute Gasteiger partial charge is 0.322 e. The maximum absolute atomic E-state index is 13.4. The Morgan fingerprint density at radius 1 is 0.633 bits per heavy atom. The van der Waals surface area contributed by atoms with Crippen molar-refractivity contribution in [2.75, 3.05) is 0 Å². The molecule has 1 aliphatic rings. The molecule has 0 radical (unpaired) electrons. The highest BCUT2D eigenvalue weighted by Crippen LogP contribution is 2.47. The lowest BCUT2D eigenvalue weighted by atomic mass is 9.92. The number of fused-ring (bicyclic) bond motifs is 1. The number of nitrogens with two attached hydrogens (primary N) is 1. The highest BCUT2D eigenvalue weighted by molar-refractivity contribution is 6.55. The predicted octanol–water partition coefficient (Wildman–Crippen LogP) is 6.34. The monoisotopic (exact) mass is 478 g/mol. The third kappa shape index (κ3) is 3.29. The number of imide groups is 1. The normalized spacial score (nSPS) is 15.3. The molecule has 2 amide bonds. The highest BCUT2D eigenvalue weighted by atomic mass is 35.5. The number of nitrogens with zero attached hydrogens (tertiary/aromatic N) is 1. The van der Waals surface area contributed by atoms with Crippen molar-refractivity contribution in [3.63, 3.8) is 0 Å². The molecule has 0 unspecified atom stereocenters. The quantitative estimate of drug-likeness (QED) is 0.270. The van der Waals surface area contributed by atoms with Crippen molar-refractivity contribution in [1.29, 1.82) is 0 Å². The second kappa shape index (κ2) is 8.22. The molecule has 2 N–H and O–H groups in total. The summed E-state index contributed by atoms with van der Waals surface area (Å²) < 4.78 is 0. The predicted molar refractivity (Wildman–Crippen MR) is 120 cm³/mol. The number of carbonyl (C=O) groups excluding carboxylic acids is 2. The maximum Gasteiger partial charge on any atom is 0.263 e. The fraction of sp³-hybridized carbons (Fsp3) is 0.0909. The molecule has 0 bridgehead atoms. The van der Waals surface area contributed by atoms with Crippen LogP contribution in [0.5, 0.6) is 0 Å². The summed E-state index contributed by atoms with van der Waals surface area (Å²) in [6.45, 7) is 0. The molecule has 3 aromatic rings. The smallest absolute Gasteiger partial charge is 0.263 e. The summed E-state index contributed by atoms with van der Waals surface area (Å²) in [4.78, 5) is 27.9. The number of halogens is 4. The van der Waals surface area contributed by atoms with Crippen LogP contribution in [-0.2, 0) is 0 Å². The standard InChI is InChI=1S/C22H14Cl4N2O2/c23-15-13-14(16(24)18(26)17(15)25)22(30)28(21(13)29)20(12-9-5-2-6-10-12)19(27)11-7-3-1-4-8-11/h1-10,19-20H,27H2/t19-,20-/m1/s1. The number of benzene rings is 3. The Balaban J connectivity index is 1.90. The lowest BCUT2D eigenvalue weighted by Gasteiger charge is -2.32. The minimum atomic E-state index is -0.800. The molecule has 2 atom stereocenters. The van der Waals surface area contributed by atoms with E-state index >= 15 is 0 Å². The molecular formula is C22H14Cl4N2O2. The van der Waals surface area contributed by atoms with Crippen LogP contribution in [0, 0.1) is 0 Å². The van der Waals surface area contributed by atoms with Gasteiger partial charge >= 0.3 is 0 Å². The van der Waals surface area contributed by atoms with Crippen LogP contribution in [0.1, 0.15) is 43.9 Å². The molecule has 0 saturated carbocycles. The molecule has 0 fully saturated rings. The van der Waals surface area contributed by atoms with E-state index in [-0.39, 0.29) is 31.2 Å². The first kappa shape index (κ1) is 21.2. The van der Waals surface area contributed by atoms with Gasteiger partial charge in [0.05, 0.1) is 43.3 Å². The van der Waals surface area contributed by atoms with E-state index in [2.05, 4.69) is 0 Å². The second-order valence-corrected chi connectivity index (χ2v) is 8.29. The first-order valence-electron chi connectivity index (χ1n) is 8.93. The third-order valence-corrected chi connectivity index (χ3v) is 6.88. The summed E-state index contributed by atoms with van der Waals surface area (Å²) >= 11 is 24.8. The second-order valence-electron chi connectivity index (χ2n) is 6.78. The van der Waals surface area contributed by atoms with Gasteiger partial charge in [-0.25, -0.2) is 0 Å². The third-order valence-electron chi connectivity index (χ3n) is 5.08. The highest BCUT2D eigenvalue weighted by Gasteiger charge is 2.46. The molecular weight excluding hydrogens is 466 g/mol. The number of carbonyl (C=O) groups is 2. The van der Waals surface area contributed by atoms with E-state index in [1.807, 2.05) is 48.5 Å². The lowest BCUT2D eigenvalue weighted by molar-refractivity contribution is 0.0557. The maximum atomic E-state index is 13.4. The number of amides is 2. The Labute approximate surface area is 193 Å².